The molecule has 1 aromatic carbocycles. The highest BCUT2D eigenvalue weighted by Gasteiger charge is 2.39. The average molecular weight is 481 g/mol. The van der Waals surface area contributed by atoms with Gasteiger partial charge in [-0.2, -0.15) is 5.26 Å². The molecule has 0 aliphatic carbocycles. The molecule has 1 aromatic heterocycles. The second-order valence-electron chi connectivity index (χ2n) is 11.4. The number of carbonyl (C=O) groups excluding carboxylic acids is 3. The summed E-state index contributed by atoms with van der Waals surface area (Å²) in [4.78, 5) is 41.9. The Bertz CT molecular complexity index is 1150. The van der Waals surface area contributed by atoms with Crippen molar-refractivity contribution in [2.24, 2.45) is 17.3 Å². The number of nitriles is 1. The second kappa shape index (κ2) is 10.1. The Hall–Kier alpha value is -3.34. The molecule has 0 radical (unpaired) electrons. The van der Waals surface area contributed by atoms with Crippen molar-refractivity contribution in [2.75, 3.05) is 7.11 Å². The minimum Gasteiger partial charge on any atom is -0.496 e. The molecule has 0 bridgehead atoms. The van der Waals surface area contributed by atoms with Crippen LogP contribution in [0.15, 0.2) is 24.3 Å². The zero-order valence-electron chi connectivity index (χ0n) is 21.5. The maximum atomic E-state index is 13.3. The molecule has 0 saturated carbocycles. The normalized spacial score (nSPS) is 19.0. The molecule has 2 heterocycles. The van der Waals surface area contributed by atoms with Crippen LogP contribution in [-0.4, -0.2) is 41.3 Å². The first-order chi connectivity index (χ1) is 16.3. The zero-order valence-corrected chi connectivity index (χ0v) is 21.5. The van der Waals surface area contributed by atoms with Gasteiger partial charge in [-0.1, -0.05) is 26.8 Å². The van der Waals surface area contributed by atoms with Crippen LogP contribution in [0.3, 0.4) is 0 Å². The Labute approximate surface area is 206 Å². The molecule has 0 unspecified atom stereocenters. The number of methoxy groups -OCH3 is 1. The fourth-order valence-electron chi connectivity index (χ4n) is 4.89. The van der Waals surface area contributed by atoms with E-state index >= 15 is 0 Å². The monoisotopic (exact) mass is 480 g/mol. The molecule has 1 aliphatic rings. The number of fused-ring (bicyclic) bond motifs is 1. The van der Waals surface area contributed by atoms with Crippen molar-refractivity contribution in [2.45, 2.75) is 71.9 Å². The number of nitrogens with one attached hydrogen (secondary N) is 3. The van der Waals surface area contributed by atoms with Crippen molar-refractivity contribution in [1.82, 2.24) is 15.6 Å². The van der Waals surface area contributed by atoms with Crippen molar-refractivity contribution in [1.29, 1.82) is 5.26 Å². The van der Waals surface area contributed by atoms with Crippen LogP contribution in [0, 0.1) is 28.6 Å². The first-order valence-electron chi connectivity index (χ1n) is 12.0. The topological polar surface area (TPSA) is 124 Å². The van der Waals surface area contributed by atoms with E-state index in [4.69, 9.17) is 4.74 Å². The fourth-order valence-corrected chi connectivity index (χ4v) is 4.89. The highest BCUT2D eigenvalue weighted by molar-refractivity contribution is 6.02. The summed E-state index contributed by atoms with van der Waals surface area (Å²) >= 11 is 0. The first kappa shape index (κ1) is 26.3. The van der Waals surface area contributed by atoms with E-state index < -0.39 is 12.0 Å². The van der Waals surface area contributed by atoms with E-state index in [-0.39, 0.29) is 47.3 Å². The van der Waals surface area contributed by atoms with Crippen LogP contribution in [0.25, 0.3) is 10.9 Å². The van der Waals surface area contributed by atoms with Gasteiger partial charge in [0.15, 0.2) is 5.78 Å². The Morgan fingerprint density at radius 1 is 1.31 bits per heavy atom. The minimum absolute atomic E-state index is 0.00728. The Morgan fingerprint density at radius 3 is 2.60 bits per heavy atom. The maximum absolute atomic E-state index is 13.3. The van der Waals surface area contributed by atoms with E-state index in [9.17, 15) is 19.6 Å². The van der Waals surface area contributed by atoms with Crippen LogP contribution in [0.5, 0.6) is 5.75 Å². The van der Waals surface area contributed by atoms with Crippen molar-refractivity contribution in [3.8, 4) is 11.8 Å². The van der Waals surface area contributed by atoms with Crippen LogP contribution in [0.4, 0.5) is 0 Å². The third-order valence-electron chi connectivity index (χ3n) is 6.39. The van der Waals surface area contributed by atoms with Crippen LogP contribution in [-0.2, 0) is 9.59 Å². The van der Waals surface area contributed by atoms with E-state index in [1.54, 1.807) is 13.2 Å². The number of hydrogen-bond acceptors (Lipinski definition) is 5. The number of carbonyl (C=O) groups is 3. The van der Waals surface area contributed by atoms with Crippen molar-refractivity contribution in [3.05, 3.63) is 30.0 Å². The molecule has 1 saturated heterocycles. The van der Waals surface area contributed by atoms with Gasteiger partial charge in [-0.25, -0.2) is 0 Å². The lowest BCUT2D eigenvalue weighted by molar-refractivity contribution is -0.127. The van der Waals surface area contributed by atoms with Crippen molar-refractivity contribution >= 4 is 28.5 Å². The Morgan fingerprint density at radius 2 is 2.03 bits per heavy atom. The number of aromatic amines is 1. The summed E-state index contributed by atoms with van der Waals surface area (Å²) in [5.41, 5.74) is 0.670. The van der Waals surface area contributed by atoms with Gasteiger partial charge in [-0.3, -0.25) is 14.4 Å². The van der Waals surface area contributed by atoms with Gasteiger partial charge >= 0.3 is 0 Å². The molecule has 2 amide bonds. The SMILES string of the molecule is COc1cccc2[nH]c(C(=O)C[C@@H](CC(C)(C)C)C(=O)N[C@H](C#N)C[C@@H]3CC(C)(C)NC3=O)cc12. The van der Waals surface area contributed by atoms with Crippen LogP contribution < -0.4 is 15.4 Å². The van der Waals surface area contributed by atoms with Crippen LogP contribution in [0.1, 0.15) is 70.8 Å². The van der Waals surface area contributed by atoms with Gasteiger partial charge in [0.2, 0.25) is 11.8 Å². The molecule has 188 valence electrons. The van der Waals surface area contributed by atoms with Crippen molar-refractivity contribution in [3.63, 3.8) is 0 Å². The lowest BCUT2D eigenvalue weighted by atomic mass is 9.81. The number of ketones is 1. The molecule has 8 heteroatoms. The number of H-pyrrole nitrogens is 1. The van der Waals surface area contributed by atoms with Crippen LogP contribution in [0.2, 0.25) is 0 Å². The van der Waals surface area contributed by atoms with E-state index in [0.29, 0.717) is 24.3 Å². The number of hydrogen-bond donors (Lipinski definition) is 3. The Kier molecular flexibility index (Phi) is 7.59. The van der Waals surface area contributed by atoms with Crippen LogP contribution >= 0.6 is 0 Å². The van der Waals surface area contributed by atoms with Gasteiger partial charge in [0.05, 0.1) is 18.9 Å². The summed E-state index contributed by atoms with van der Waals surface area (Å²) in [7, 11) is 1.58. The molecular weight excluding hydrogens is 444 g/mol. The molecule has 3 rings (SSSR count). The van der Waals surface area contributed by atoms with Gasteiger partial charge in [0.25, 0.3) is 0 Å². The fraction of sp³-hybridized carbons (Fsp3) is 0.556. The summed E-state index contributed by atoms with van der Waals surface area (Å²) in [6.45, 7) is 9.92. The molecule has 0 spiro atoms. The van der Waals surface area contributed by atoms with E-state index in [0.717, 1.165) is 10.9 Å². The minimum atomic E-state index is -0.804. The predicted molar refractivity (Wildman–Crippen MR) is 134 cm³/mol. The molecule has 35 heavy (non-hydrogen) atoms. The molecule has 8 nitrogen and oxygen atoms in total. The number of amides is 2. The molecule has 1 fully saturated rings. The van der Waals surface area contributed by atoms with E-state index in [1.165, 1.54) is 0 Å². The highest BCUT2D eigenvalue weighted by Crippen LogP contribution is 2.31. The molecule has 1 aliphatic heterocycles. The van der Waals surface area contributed by atoms with Gasteiger partial charge in [0, 0.05) is 34.7 Å². The van der Waals surface area contributed by atoms with Gasteiger partial charge < -0.3 is 20.4 Å². The standard InChI is InChI=1S/C27H36N4O4/c1-26(2,3)13-17(11-22(32)21-12-19-20(30-21)8-7-9-23(19)35-6)24(33)29-18(15-28)10-16-14-27(4,5)31-25(16)34/h7-9,12,16-18,30H,10-11,13-14H2,1-6H3,(H,29,33)(H,31,34)/t16-,17+,18+/m1/s1. The first-order valence-corrected chi connectivity index (χ1v) is 12.0. The number of Topliss-reactive ketones (excluding diaryl/α,β-unsaturated/α-hetero) is 1. The summed E-state index contributed by atoms with van der Waals surface area (Å²) in [5, 5.41) is 16.2. The quantitative estimate of drug-likeness (QED) is 0.466. The number of benzene rings is 1. The van der Waals surface area contributed by atoms with Gasteiger partial charge in [-0.15, -0.1) is 0 Å². The molecular formula is C27H36N4O4. The molecule has 2 aromatic rings. The molecule has 3 atom stereocenters. The number of ether oxygens (including phenoxy) is 1. The second-order valence-corrected chi connectivity index (χ2v) is 11.4. The summed E-state index contributed by atoms with van der Waals surface area (Å²) in [6.07, 6.45) is 1.33. The third kappa shape index (κ3) is 6.62. The average Bonchev–Trinajstić information content (AvgIpc) is 3.31. The van der Waals surface area contributed by atoms with Crippen molar-refractivity contribution < 1.29 is 19.1 Å². The smallest absolute Gasteiger partial charge is 0.224 e. The van der Waals surface area contributed by atoms with Gasteiger partial charge in [0.1, 0.15) is 11.8 Å². The highest BCUT2D eigenvalue weighted by atomic mass is 16.5. The zero-order chi connectivity index (χ0) is 26.0. The van der Waals surface area contributed by atoms with Gasteiger partial charge in [-0.05, 0) is 56.7 Å². The number of rotatable bonds is 9. The number of aromatic nitrogens is 1. The lowest BCUT2D eigenvalue weighted by Gasteiger charge is -2.26. The summed E-state index contributed by atoms with van der Waals surface area (Å²) < 4.78 is 5.38. The largest absolute Gasteiger partial charge is 0.496 e. The maximum Gasteiger partial charge on any atom is 0.224 e. The predicted octanol–water partition coefficient (Wildman–Crippen LogP) is 4.11. The lowest BCUT2D eigenvalue weighted by Crippen LogP contribution is -2.41. The third-order valence-corrected chi connectivity index (χ3v) is 6.39. The Balaban J connectivity index is 1.74. The van der Waals surface area contributed by atoms with E-state index in [1.807, 2.05) is 52.8 Å². The summed E-state index contributed by atoms with van der Waals surface area (Å²) in [6, 6.07) is 8.61. The number of nitrogens with zero attached hydrogens (tertiary/aromatic N) is 1. The summed E-state index contributed by atoms with van der Waals surface area (Å²) in [5.74, 6) is -0.901. The molecule has 3 N–H and O–H groups in total. The van der Waals surface area contributed by atoms with E-state index in [2.05, 4.69) is 21.7 Å².